The number of amides is 6. The van der Waals surface area contributed by atoms with Gasteiger partial charge in [0.1, 0.15) is 12.1 Å². The van der Waals surface area contributed by atoms with Crippen LogP contribution in [0.3, 0.4) is 0 Å². The Kier molecular flexibility index (Phi) is 23.8. The molecule has 0 radical (unpaired) electrons. The summed E-state index contributed by atoms with van der Waals surface area (Å²) in [5.41, 5.74) is -0.366. The van der Waals surface area contributed by atoms with Crippen LogP contribution in [0.1, 0.15) is 190 Å². The van der Waals surface area contributed by atoms with E-state index in [1.54, 1.807) is 34.6 Å². The van der Waals surface area contributed by atoms with E-state index in [1.165, 1.54) is 38.5 Å². The number of carboxylic acid groups (broad SMARTS) is 1. The highest BCUT2D eigenvalue weighted by Gasteiger charge is 2.51. The van der Waals surface area contributed by atoms with Crippen LogP contribution in [0, 0.1) is 35.0 Å². The second kappa shape index (κ2) is 27.8. The van der Waals surface area contributed by atoms with Crippen LogP contribution in [-0.2, 0) is 38.3 Å². The maximum atomic E-state index is 13.6. The monoisotopic (exact) mass is 917 g/mol. The average molecular weight is 917 g/mol. The van der Waals surface area contributed by atoms with Gasteiger partial charge in [0.05, 0.1) is 11.7 Å². The quantitative estimate of drug-likeness (QED) is 0.0368. The molecule has 4 fully saturated rings. The third-order valence-electron chi connectivity index (χ3n) is 14.1. The SMILES string of the molecule is CC[C@H](C)[C@H](NC(=O)CCCCCNC(=O)CCCCCNC(=O)CCCCCNC(=O)CC12CC3CC(CC(C3)C1)C2)C(=O)N[C@H](C(=O)N[C@H](C(=O)O)[C@@H](C)OC(C)(C)C)[C@@H](C)CC. The van der Waals surface area contributed by atoms with Gasteiger partial charge in [-0.05, 0) is 140 Å². The predicted octanol–water partition coefficient (Wildman–Crippen LogP) is 6.46. The van der Waals surface area contributed by atoms with Crippen LogP contribution in [0.4, 0.5) is 0 Å². The van der Waals surface area contributed by atoms with E-state index in [9.17, 15) is 38.7 Å². The third kappa shape index (κ3) is 20.3. The van der Waals surface area contributed by atoms with E-state index in [2.05, 4.69) is 31.9 Å². The Morgan fingerprint density at radius 1 is 0.554 bits per heavy atom. The Morgan fingerprint density at radius 3 is 1.34 bits per heavy atom. The molecule has 4 aliphatic rings. The first-order valence-electron chi connectivity index (χ1n) is 25.4. The summed E-state index contributed by atoms with van der Waals surface area (Å²) in [5.74, 6) is -0.412. The Hall–Kier alpha value is -3.75. The molecule has 65 heavy (non-hydrogen) atoms. The van der Waals surface area contributed by atoms with E-state index in [1.807, 2.05) is 20.8 Å². The highest BCUT2D eigenvalue weighted by Crippen LogP contribution is 2.61. The second-order valence-corrected chi connectivity index (χ2v) is 21.1. The second-order valence-electron chi connectivity index (χ2n) is 21.1. The largest absolute Gasteiger partial charge is 0.480 e. The molecule has 6 amide bonds. The molecule has 4 rings (SSSR count). The number of carbonyl (C=O) groups excluding carboxylic acids is 6. The molecular formula is C50H88N6O9. The molecule has 0 unspecified atom stereocenters. The van der Waals surface area contributed by atoms with Crippen molar-refractivity contribution in [2.75, 3.05) is 19.6 Å². The Balaban J connectivity index is 1.21. The van der Waals surface area contributed by atoms with Gasteiger partial charge in [-0.15, -0.1) is 0 Å². The lowest BCUT2D eigenvalue weighted by molar-refractivity contribution is -0.151. The number of hydrogen-bond acceptors (Lipinski definition) is 8. The maximum absolute atomic E-state index is 13.6. The summed E-state index contributed by atoms with van der Waals surface area (Å²) in [6.07, 6.45) is 17.0. The van der Waals surface area contributed by atoms with E-state index in [-0.39, 0.29) is 47.3 Å². The Labute approximate surface area is 390 Å². The van der Waals surface area contributed by atoms with Gasteiger partial charge >= 0.3 is 5.97 Å². The predicted molar refractivity (Wildman–Crippen MR) is 252 cm³/mol. The minimum absolute atomic E-state index is 0.0197. The molecule has 4 bridgehead atoms. The van der Waals surface area contributed by atoms with Crippen LogP contribution in [0.25, 0.3) is 0 Å². The molecule has 0 heterocycles. The van der Waals surface area contributed by atoms with E-state index >= 15 is 0 Å². The van der Waals surface area contributed by atoms with Gasteiger partial charge < -0.3 is 41.7 Å². The van der Waals surface area contributed by atoms with E-state index in [0.29, 0.717) is 71.0 Å². The first-order chi connectivity index (χ1) is 30.7. The minimum Gasteiger partial charge on any atom is -0.480 e. The Morgan fingerprint density at radius 2 is 0.938 bits per heavy atom. The van der Waals surface area contributed by atoms with Crippen molar-refractivity contribution in [3.63, 3.8) is 0 Å². The third-order valence-corrected chi connectivity index (χ3v) is 14.1. The molecule has 0 saturated heterocycles. The molecule has 4 saturated carbocycles. The van der Waals surface area contributed by atoms with Crippen molar-refractivity contribution in [1.29, 1.82) is 0 Å². The smallest absolute Gasteiger partial charge is 0.328 e. The summed E-state index contributed by atoms with van der Waals surface area (Å²) < 4.78 is 5.80. The molecule has 0 aromatic heterocycles. The zero-order valence-corrected chi connectivity index (χ0v) is 41.4. The number of carbonyl (C=O) groups is 7. The zero-order chi connectivity index (χ0) is 48.2. The number of hydrogen-bond donors (Lipinski definition) is 7. The summed E-state index contributed by atoms with van der Waals surface area (Å²) >= 11 is 0. The lowest BCUT2D eigenvalue weighted by atomic mass is 9.49. The van der Waals surface area contributed by atoms with Crippen molar-refractivity contribution in [1.82, 2.24) is 31.9 Å². The number of nitrogens with one attached hydrogen (secondary N) is 6. The maximum Gasteiger partial charge on any atom is 0.328 e. The molecule has 372 valence electrons. The molecule has 0 aromatic rings. The first kappa shape index (κ1) is 55.6. The van der Waals surface area contributed by atoms with Crippen molar-refractivity contribution in [2.45, 2.75) is 220 Å². The topological polar surface area (TPSA) is 221 Å². The van der Waals surface area contributed by atoms with Gasteiger partial charge in [-0.25, -0.2) is 4.79 Å². The van der Waals surface area contributed by atoms with Crippen molar-refractivity contribution in [3.8, 4) is 0 Å². The number of aliphatic carboxylic acids is 1. The fourth-order valence-corrected chi connectivity index (χ4v) is 10.7. The molecular weight excluding hydrogens is 829 g/mol. The van der Waals surface area contributed by atoms with Gasteiger partial charge in [-0.3, -0.25) is 28.8 Å². The minimum atomic E-state index is -1.33. The highest BCUT2D eigenvalue weighted by molar-refractivity contribution is 5.93. The van der Waals surface area contributed by atoms with E-state index in [4.69, 9.17) is 4.74 Å². The first-order valence-corrected chi connectivity index (χ1v) is 25.4. The molecule has 0 aromatic carbocycles. The van der Waals surface area contributed by atoms with Gasteiger partial charge in [0.15, 0.2) is 6.04 Å². The molecule has 7 N–H and O–H groups in total. The number of rotatable bonds is 32. The van der Waals surface area contributed by atoms with Crippen LogP contribution in [0.15, 0.2) is 0 Å². The van der Waals surface area contributed by atoms with Gasteiger partial charge in [-0.1, -0.05) is 59.8 Å². The van der Waals surface area contributed by atoms with E-state index < -0.39 is 47.6 Å². The molecule has 4 aliphatic carbocycles. The Bertz CT molecular complexity index is 1510. The highest BCUT2D eigenvalue weighted by atomic mass is 16.5. The number of ether oxygens (including phenoxy) is 1. The van der Waals surface area contributed by atoms with Gasteiger partial charge in [0, 0.05) is 45.3 Å². The summed E-state index contributed by atoms with van der Waals surface area (Å²) in [6.45, 7) is 16.2. The van der Waals surface area contributed by atoms with Crippen molar-refractivity contribution < 1.29 is 43.4 Å². The van der Waals surface area contributed by atoms with Crippen LogP contribution < -0.4 is 31.9 Å². The summed E-state index contributed by atoms with van der Waals surface area (Å²) in [4.78, 5) is 89.5. The zero-order valence-electron chi connectivity index (χ0n) is 41.4. The summed E-state index contributed by atoms with van der Waals surface area (Å²) in [7, 11) is 0. The molecule has 0 aliphatic heterocycles. The molecule has 0 spiro atoms. The van der Waals surface area contributed by atoms with Crippen molar-refractivity contribution >= 4 is 41.4 Å². The fourth-order valence-electron chi connectivity index (χ4n) is 10.7. The van der Waals surface area contributed by atoms with Crippen LogP contribution in [-0.4, -0.2) is 96.0 Å². The lowest BCUT2D eigenvalue weighted by Crippen LogP contribution is -2.60. The van der Waals surface area contributed by atoms with Crippen LogP contribution in [0.2, 0.25) is 0 Å². The lowest BCUT2D eigenvalue weighted by Gasteiger charge is -2.56. The van der Waals surface area contributed by atoms with Gasteiger partial charge in [0.2, 0.25) is 35.4 Å². The fraction of sp³-hybridized carbons (Fsp3) is 0.860. The normalized spacial score (nSPS) is 22.7. The standard InChI is InChI=1S/C50H88N6O9/c1-9-33(3)43(46(61)55-44(34(4)10-2)47(62)56-45(48(63)64)35(5)65-49(6,7)8)54-41(59)22-16-13-18-24-52-39(57)20-14-11-17-23-51-40(58)21-15-12-19-25-53-42(60)32-50-29-36-26-37(30-50)28-38(27-36)31-50/h33-38,43-45H,9-32H2,1-8H3,(H,51,58)(H,52,57)(H,53,60)(H,54,59)(H,55,61)(H,56,62)(H,63,64)/t33-,34-,35+,36?,37?,38?,43-,44-,45-,50?/m0/s1. The summed E-state index contributed by atoms with van der Waals surface area (Å²) in [6, 6.07) is -3.24. The number of carboxylic acids is 1. The average Bonchev–Trinajstić information content (AvgIpc) is 3.22. The van der Waals surface area contributed by atoms with Crippen molar-refractivity contribution in [3.05, 3.63) is 0 Å². The number of unbranched alkanes of at least 4 members (excludes halogenated alkanes) is 6. The summed E-state index contributed by atoms with van der Waals surface area (Å²) in [5, 5.41) is 27.2. The van der Waals surface area contributed by atoms with Gasteiger partial charge in [0.25, 0.3) is 0 Å². The molecule has 6 atom stereocenters. The van der Waals surface area contributed by atoms with Crippen LogP contribution in [0.5, 0.6) is 0 Å². The van der Waals surface area contributed by atoms with Crippen LogP contribution >= 0.6 is 0 Å². The molecule has 15 nitrogen and oxygen atoms in total. The van der Waals surface area contributed by atoms with E-state index in [0.717, 1.165) is 56.3 Å². The van der Waals surface area contributed by atoms with Crippen molar-refractivity contribution in [2.24, 2.45) is 35.0 Å². The van der Waals surface area contributed by atoms with Gasteiger partial charge in [-0.2, -0.15) is 0 Å². The molecule has 15 heteroatoms.